The van der Waals surface area contributed by atoms with Gasteiger partial charge in [-0.2, -0.15) is 0 Å². The Kier molecular flexibility index (Phi) is 3.70. The average Bonchev–Trinajstić information content (AvgIpc) is 2.50. The second kappa shape index (κ2) is 4.63. The van der Waals surface area contributed by atoms with Crippen molar-refractivity contribution in [2.24, 2.45) is 0 Å². The summed E-state index contributed by atoms with van der Waals surface area (Å²) < 4.78 is 26.6. The quantitative estimate of drug-likeness (QED) is 0.838. The van der Waals surface area contributed by atoms with Crippen LogP contribution in [0.2, 0.25) is 0 Å². The summed E-state index contributed by atoms with van der Waals surface area (Å²) in [4.78, 5) is 10.7. The summed E-state index contributed by atoms with van der Waals surface area (Å²) in [6, 6.07) is 1.37. The van der Waals surface area contributed by atoms with Crippen LogP contribution >= 0.6 is 11.3 Å². The van der Waals surface area contributed by atoms with Gasteiger partial charge in [-0.15, -0.1) is 11.3 Å². The molecular formula is C8H10O5S2. The Morgan fingerprint density at radius 1 is 1.60 bits per heavy atom. The van der Waals surface area contributed by atoms with Crippen molar-refractivity contribution >= 4 is 27.1 Å². The van der Waals surface area contributed by atoms with Crippen LogP contribution in [0.25, 0.3) is 0 Å². The lowest BCUT2D eigenvalue weighted by molar-refractivity contribution is 0.0702. The van der Waals surface area contributed by atoms with Crippen LogP contribution < -0.4 is 4.74 Å². The van der Waals surface area contributed by atoms with E-state index < -0.39 is 15.8 Å². The Morgan fingerprint density at radius 2 is 2.27 bits per heavy atom. The molecule has 1 N–H and O–H groups in total. The van der Waals surface area contributed by atoms with Crippen LogP contribution in [0.5, 0.6) is 5.75 Å². The third-order valence-corrected chi connectivity index (χ3v) is 3.31. The summed E-state index contributed by atoms with van der Waals surface area (Å²) in [6.07, 6.45) is 1.12. The maximum Gasteiger partial charge on any atom is 0.346 e. The topological polar surface area (TPSA) is 80.7 Å². The number of hydrogen-bond donors (Lipinski definition) is 1. The second-order valence-corrected chi connectivity index (χ2v) is 6.10. The van der Waals surface area contributed by atoms with Crippen molar-refractivity contribution in [3.8, 4) is 5.75 Å². The van der Waals surface area contributed by atoms with Crippen LogP contribution in [-0.4, -0.2) is 38.1 Å². The lowest BCUT2D eigenvalue weighted by Crippen LogP contribution is -2.11. The first-order valence-electron chi connectivity index (χ1n) is 4.01. The number of sulfone groups is 1. The highest BCUT2D eigenvalue weighted by atomic mass is 32.2. The molecule has 0 atom stereocenters. The predicted molar refractivity (Wildman–Crippen MR) is 56.5 cm³/mol. The molecule has 1 aromatic heterocycles. The highest BCUT2D eigenvalue weighted by Gasteiger charge is 2.08. The minimum atomic E-state index is -3.04. The smallest absolute Gasteiger partial charge is 0.346 e. The van der Waals surface area contributed by atoms with Crippen molar-refractivity contribution < 1.29 is 23.1 Å². The van der Waals surface area contributed by atoms with Gasteiger partial charge in [0.05, 0.1) is 5.75 Å². The molecule has 0 aliphatic heterocycles. The molecule has 0 saturated heterocycles. The number of carboxylic acid groups (broad SMARTS) is 1. The number of thiophene rings is 1. The van der Waals surface area contributed by atoms with E-state index in [0.717, 1.165) is 17.6 Å². The molecule has 0 fully saturated rings. The molecule has 7 heteroatoms. The fourth-order valence-electron chi connectivity index (χ4n) is 0.818. The number of aromatic carboxylic acids is 1. The summed E-state index contributed by atoms with van der Waals surface area (Å²) in [6.45, 7) is 0.0363. The minimum Gasteiger partial charge on any atom is -0.492 e. The molecule has 84 valence electrons. The van der Waals surface area contributed by atoms with Gasteiger partial charge < -0.3 is 9.84 Å². The predicted octanol–water partition coefficient (Wildman–Crippen LogP) is 0.870. The number of carbonyl (C=O) groups is 1. The van der Waals surface area contributed by atoms with Crippen molar-refractivity contribution in [2.45, 2.75) is 0 Å². The molecule has 0 spiro atoms. The molecule has 1 heterocycles. The largest absolute Gasteiger partial charge is 0.492 e. The molecule has 5 nitrogen and oxygen atoms in total. The molecule has 0 radical (unpaired) electrons. The van der Waals surface area contributed by atoms with E-state index in [2.05, 4.69) is 0 Å². The van der Waals surface area contributed by atoms with Gasteiger partial charge in [0.2, 0.25) is 0 Å². The molecule has 0 aliphatic carbocycles. The van der Waals surface area contributed by atoms with Crippen molar-refractivity contribution in [2.75, 3.05) is 18.6 Å². The van der Waals surface area contributed by atoms with Crippen molar-refractivity contribution in [3.63, 3.8) is 0 Å². The molecule has 1 aromatic rings. The van der Waals surface area contributed by atoms with Crippen LogP contribution in [0, 0.1) is 0 Å². The average molecular weight is 250 g/mol. The Bertz CT molecular complexity index is 445. The van der Waals surface area contributed by atoms with Crippen LogP contribution in [-0.2, 0) is 9.84 Å². The molecule has 0 aliphatic rings. The Balaban J connectivity index is 2.48. The first-order chi connectivity index (χ1) is 6.88. The second-order valence-electron chi connectivity index (χ2n) is 2.93. The SMILES string of the molecule is CS(=O)(=O)CCOc1csc(C(=O)O)c1. The molecular weight excluding hydrogens is 240 g/mol. The molecule has 0 amide bonds. The van der Waals surface area contributed by atoms with Crippen LogP contribution in [0.15, 0.2) is 11.4 Å². The third kappa shape index (κ3) is 4.30. The van der Waals surface area contributed by atoms with E-state index in [-0.39, 0.29) is 17.2 Å². The van der Waals surface area contributed by atoms with Gasteiger partial charge in [-0.25, -0.2) is 13.2 Å². The molecule has 0 aromatic carbocycles. The standard InChI is InChI=1S/C8H10O5S2/c1-15(11,12)3-2-13-6-4-7(8(9)10)14-5-6/h4-5H,2-3H2,1H3,(H,9,10). The molecule has 0 saturated carbocycles. The summed E-state index contributed by atoms with van der Waals surface area (Å²) in [5, 5.41) is 10.1. The van der Waals surface area contributed by atoms with Crippen LogP contribution in [0.4, 0.5) is 0 Å². The van der Waals surface area contributed by atoms with E-state index in [1.807, 2.05) is 0 Å². The minimum absolute atomic E-state index is 0.0363. The lowest BCUT2D eigenvalue weighted by Gasteiger charge is -2.01. The number of rotatable bonds is 5. The highest BCUT2D eigenvalue weighted by molar-refractivity contribution is 7.90. The first kappa shape index (κ1) is 12.0. The van der Waals surface area contributed by atoms with Gasteiger partial charge in [0.25, 0.3) is 0 Å². The van der Waals surface area contributed by atoms with E-state index in [1.165, 1.54) is 11.4 Å². The number of carboxylic acids is 1. The van der Waals surface area contributed by atoms with Crippen molar-refractivity contribution in [1.29, 1.82) is 0 Å². The van der Waals surface area contributed by atoms with E-state index in [9.17, 15) is 13.2 Å². The fourth-order valence-corrected chi connectivity index (χ4v) is 1.87. The van der Waals surface area contributed by atoms with E-state index in [0.29, 0.717) is 5.75 Å². The fraction of sp³-hybridized carbons (Fsp3) is 0.375. The Labute approximate surface area is 91.2 Å². The van der Waals surface area contributed by atoms with Crippen molar-refractivity contribution in [1.82, 2.24) is 0 Å². The zero-order valence-corrected chi connectivity index (χ0v) is 9.60. The van der Waals surface area contributed by atoms with Crippen molar-refractivity contribution in [3.05, 3.63) is 16.3 Å². The first-order valence-corrected chi connectivity index (χ1v) is 6.95. The van der Waals surface area contributed by atoms with Gasteiger partial charge in [-0.3, -0.25) is 0 Å². The van der Waals surface area contributed by atoms with Gasteiger partial charge in [-0.05, 0) is 0 Å². The monoisotopic (exact) mass is 250 g/mol. The van der Waals surface area contributed by atoms with E-state index >= 15 is 0 Å². The van der Waals surface area contributed by atoms with Crippen LogP contribution in [0.3, 0.4) is 0 Å². The zero-order chi connectivity index (χ0) is 11.5. The lowest BCUT2D eigenvalue weighted by atomic mass is 10.4. The molecule has 0 bridgehead atoms. The van der Waals surface area contributed by atoms with Gasteiger partial charge in [0.1, 0.15) is 17.2 Å². The maximum absolute atomic E-state index is 10.8. The Hall–Kier alpha value is -1.08. The normalized spacial score (nSPS) is 11.3. The Morgan fingerprint density at radius 3 is 2.73 bits per heavy atom. The van der Waals surface area contributed by atoms with Gasteiger partial charge in [0.15, 0.2) is 9.84 Å². The maximum atomic E-state index is 10.8. The highest BCUT2D eigenvalue weighted by Crippen LogP contribution is 2.21. The number of ether oxygens (including phenoxy) is 1. The number of hydrogen-bond acceptors (Lipinski definition) is 5. The van der Waals surface area contributed by atoms with E-state index in [1.54, 1.807) is 0 Å². The van der Waals surface area contributed by atoms with Crippen LogP contribution in [0.1, 0.15) is 9.67 Å². The summed E-state index contributed by atoms with van der Waals surface area (Å²) in [5.41, 5.74) is 0. The summed E-state index contributed by atoms with van der Waals surface area (Å²) in [7, 11) is -3.04. The molecule has 1 rings (SSSR count). The summed E-state index contributed by atoms with van der Waals surface area (Å²) in [5.74, 6) is -0.704. The van der Waals surface area contributed by atoms with Gasteiger partial charge in [-0.1, -0.05) is 0 Å². The van der Waals surface area contributed by atoms with E-state index in [4.69, 9.17) is 9.84 Å². The van der Waals surface area contributed by atoms with Gasteiger partial charge in [0, 0.05) is 17.7 Å². The molecule has 15 heavy (non-hydrogen) atoms. The molecule has 0 unspecified atom stereocenters. The summed E-state index contributed by atoms with van der Waals surface area (Å²) >= 11 is 1.04. The zero-order valence-electron chi connectivity index (χ0n) is 7.97. The van der Waals surface area contributed by atoms with Gasteiger partial charge >= 0.3 is 5.97 Å². The third-order valence-electron chi connectivity index (χ3n) is 1.51.